The summed E-state index contributed by atoms with van der Waals surface area (Å²) in [4.78, 5) is 4.26. The highest BCUT2D eigenvalue weighted by atomic mass is 32.2. The van der Waals surface area contributed by atoms with Crippen LogP contribution in [-0.4, -0.2) is 57.7 Å². The van der Waals surface area contributed by atoms with Crippen molar-refractivity contribution in [3.8, 4) is 0 Å². The molecule has 2 aliphatic rings. The van der Waals surface area contributed by atoms with E-state index in [-0.39, 0.29) is 6.04 Å². The maximum Gasteiger partial charge on any atom is 0.211 e. The van der Waals surface area contributed by atoms with Gasteiger partial charge in [0.1, 0.15) is 0 Å². The summed E-state index contributed by atoms with van der Waals surface area (Å²) in [7, 11) is -1.35. The first-order chi connectivity index (χ1) is 10.4. The fourth-order valence-electron chi connectivity index (χ4n) is 3.49. The summed E-state index contributed by atoms with van der Waals surface area (Å²) in [6.45, 7) is 4.45. The van der Waals surface area contributed by atoms with Gasteiger partial charge in [-0.15, -0.1) is 0 Å². The molecule has 2 fully saturated rings. The standard InChI is InChI=1S/C15H30N4O2S/c1-4-15(8-6-9-15)12-18-14(16-2)17-11-13-7-5-10-19(13)22(3,20)21/h13H,4-12H2,1-3H3,(H2,16,17,18)/t13-/m1/s1. The van der Waals surface area contributed by atoms with Gasteiger partial charge in [0.25, 0.3) is 0 Å². The summed E-state index contributed by atoms with van der Waals surface area (Å²) < 4.78 is 25.1. The van der Waals surface area contributed by atoms with Crippen molar-refractivity contribution in [2.45, 2.75) is 51.5 Å². The molecule has 0 aromatic rings. The van der Waals surface area contributed by atoms with E-state index in [1.165, 1.54) is 31.9 Å². The zero-order valence-electron chi connectivity index (χ0n) is 14.1. The largest absolute Gasteiger partial charge is 0.356 e. The number of aliphatic imine (C=N–C) groups is 1. The van der Waals surface area contributed by atoms with Gasteiger partial charge in [-0.3, -0.25) is 4.99 Å². The SMILES string of the molecule is CCC1(CNC(=NC)NC[C@H]2CCCN2S(C)(=O)=O)CCC1. The van der Waals surface area contributed by atoms with E-state index in [1.807, 2.05) is 0 Å². The van der Waals surface area contributed by atoms with Crippen LogP contribution < -0.4 is 10.6 Å². The Morgan fingerprint density at radius 1 is 1.32 bits per heavy atom. The Balaban J connectivity index is 1.81. The summed E-state index contributed by atoms with van der Waals surface area (Å²) in [5.41, 5.74) is 0.434. The topological polar surface area (TPSA) is 73.8 Å². The zero-order chi connectivity index (χ0) is 16.2. The average molecular weight is 330 g/mol. The highest BCUT2D eigenvalue weighted by Crippen LogP contribution is 2.42. The zero-order valence-corrected chi connectivity index (χ0v) is 14.9. The molecular weight excluding hydrogens is 300 g/mol. The number of nitrogens with zero attached hydrogens (tertiary/aromatic N) is 2. The maximum absolute atomic E-state index is 11.8. The Morgan fingerprint density at radius 3 is 2.55 bits per heavy atom. The molecule has 0 aromatic heterocycles. The molecular formula is C15H30N4O2S. The van der Waals surface area contributed by atoms with E-state index in [0.29, 0.717) is 18.5 Å². The monoisotopic (exact) mass is 330 g/mol. The summed E-state index contributed by atoms with van der Waals surface area (Å²) in [5.74, 6) is 0.778. The van der Waals surface area contributed by atoms with Gasteiger partial charge in [-0.2, -0.15) is 4.31 Å². The van der Waals surface area contributed by atoms with Crippen molar-refractivity contribution >= 4 is 16.0 Å². The molecule has 1 heterocycles. The van der Waals surface area contributed by atoms with Crippen LogP contribution in [0.3, 0.4) is 0 Å². The molecule has 1 aliphatic heterocycles. The second-order valence-electron chi connectivity index (χ2n) is 6.68. The Morgan fingerprint density at radius 2 is 2.05 bits per heavy atom. The summed E-state index contributed by atoms with van der Waals surface area (Å²) in [6.07, 6.45) is 8.24. The average Bonchev–Trinajstić information content (AvgIpc) is 2.89. The molecule has 0 unspecified atom stereocenters. The highest BCUT2D eigenvalue weighted by molar-refractivity contribution is 7.88. The van der Waals surface area contributed by atoms with Crippen molar-refractivity contribution in [1.82, 2.24) is 14.9 Å². The van der Waals surface area contributed by atoms with Crippen LogP contribution in [0.4, 0.5) is 0 Å². The van der Waals surface area contributed by atoms with E-state index in [4.69, 9.17) is 0 Å². The van der Waals surface area contributed by atoms with Gasteiger partial charge in [-0.05, 0) is 37.5 Å². The third-order valence-electron chi connectivity index (χ3n) is 5.27. The lowest BCUT2D eigenvalue weighted by molar-refractivity contribution is 0.131. The Labute approximate surface area is 134 Å². The van der Waals surface area contributed by atoms with Crippen LogP contribution in [-0.2, 0) is 10.0 Å². The van der Waals surface area contributed by atoms with Crippen LogP contribution in [0.1, 0.15) is 45.4 Å². The molecule has 2 rings (SSSR count). The van der Waals surface area contributed by atoms with Crippen LogP contribution in [0.2, 0.25) is 0 Å². The van der Waals surface area contributed by atoms with Crippen LogP contribution in [0.25, 0.3) is 0 Å². The molecule has 22 heavy (non-hydrogen) atoms. The Kier molecular flexibility index (Phi) is 5.71. The van der Waals surface area contributed by atoms with Crippen LogP contribution in [0, 0.1) is 5.41 Å². The predicted octanol–water partition coefficient (Wildman–Crippen LogP) is 1.16. The molecule has 0 radical (unpaired) electrons. The van der Waals surface area contributed by atoms with E-state index in [2.05, 4.69) is 22.5 Å². The second kappa shape index (κ2) is 7.17. The summed E-state index contributed by atoms with van der Waals surface area (Å²) in [5, 5.41) is 6.70. The van der Waals surface area contributed by atoms with Gasteiger partial charge in [0.05, 0.1) is 6.26 Å². The van der Waals surface area contributed by atoms with Gasteiger partial charge in [-0.1, -0.05) is 13.3 Å². The maximum atomic E-state index is 11.8. The van der Waals surface area contributed by atoms with Gasteiger partial charge >= 0.3 is 0 Å². The molecule has 0 bridgehead atoms. The smallest absolute Gasteiger partial charge is 0.211 e. The first-order valence-electron chi connectivity index (χ1n) is 8.31. The fraction of sp³-hybridized carbons (Fsp3) is 0.933. The van der Waals surface area contributed by atoms with Crippen molar-refractivity contribution in [3.63, 3.8) is 0 Å². The van der Waals surface area contributed by atoms with E-state index in [0.717, 1.165) is 25.3 Å². The lowest BCUT2D eigenvalue weighted by Crippen LogP contribution is -2.49. The van der Waals surface area contributed by atoms with Crippen molar-refractivity contribution < 1.29 is 8.42 Å². The minimum Gasteiger partial charge on any atom is -0.356 e. The first-order valence-corrected chi connectivity index (χ1v) is 10.2. The third-order valence-corrected chi connectivity index (χ3v) is 6.61. The molecule has 1 saturated heterocycles. The van der Waals surface area contributed by atoms with E-state index in [9.17, 15) is 8.42 Å². The van der Waals surface area contributed by atoms with Crippen molar-refractivity contribution in [1.29, 1.82) is 0 Å². The first kappa shape index (κ1) is 17.5. The molecule has 7 heteroatoms. The second-order valence-corrected chi connectivity index (χ2v) is 8.62. The van der Waals surface area contributed by atoms with Crippen molar-refractivity contribution in [3.05, 3.63) is 0 Å². The normalized spacial score (nSPS) is 25.8. The molecule has 2 N–H and O–H groups in total. The Bertz CT molecular complexity index is 494. The van der Waals surface area contributed by atoms with Crippen LogP contribution >= 0.6 is 0 Å². The van der Waals surface area contributed by atoms with Crippen LogP contribution in [0.15, 0.2) is 4.99 Å². The number of rotatable bonds is 6. The number of nitrogens with one attached hydrogen (secondary N) is 2. The summed E-state index contributed by atoms with van der Waals surface area (Å²) in [6, 6.07) is 0.0392. The van der Waals surface area contributed by atoms with Gasteiger partial charge in [0, 0.05) is 32.7 Å². The summed E-state index contributed by atoms with van der Waals surface area (Å²) >= 11 is 0. The van der Waals surface area contributed by atoms with Gasteiger partial charge in [-0.25, -0.2) is 8.42 Å². The molecule has 128 valence electrons. The number of hydrogen-bond donors (Lipinski definition) is 2. The minimum absolute atomic E-state index is 0.0392. The lowest BCUT2D eigenvalue weighted by Gasteiger charge is -2.41. The quantitative estimate of drug-likeness (QED) is 0.566. The van der Waals surface area contributed by atoms with E-state index < -0.39 is 10.0 Å². The lowest BCUT2D eigenvalue weighted by atomic mass is 9.67. The molecule has 1 atom stereocenters. The van der Waals surface area contributed by atoms with Crippen LogP contribution in [0.5, 0.6) is 0 Å². The van der Waals surface area contributed by atoms with Gasteiger partial charge in [0.15, 0.2) is 5.96 Å². The van der Waals surface area contributed by atoms with Crippen molar-refractivity contribution in [2.24, 2.45) is 10.4 Å². The third kappa shape index (κ3) is 4.13. The number of hydrogen-bond acceptors (Lipinski definition) is 3. The molecule has 0 amide bonds. The predicted molar refractivity (Wildman–Crippen MR) is 90.5 cm³/mol. The van der Waals surface area contributed by atoms with E-state index in [1.54, 1.807) is 11.4 Å². The van der Waals surface area contributed by atoms with Gasteiger partial charge < -0.3 is 10.6 Å². The molecule has 0 spiro atoms. The Hall–Kier alpha value is -0.820. The minimum atomic E-state index is -3.11. The number of guanidine groups is 1. The van der Waals surface area contributed by atoms with E-state index >= 15 is 0 Å². The van der Waals surface area contributed by atoms with Gasteiger partial charge in [0.2, 0.25) is 10.0 Å². The highest BCUT2D eigenvalue weighted by Gasteiger charge is 2.35. The molecule has 1 aliphatic carbocycles. The fourth-order valence-corrected chi connectivity index (χ4v) is 4.67. The number of sulfonamides is 1. The molecule has 0 aromatic carbocycles. The van der Waals surface area contributed by atoms with Crippen molar-refractivity contribution in [2.75, 3.05) is 32.9 Å². The molecule has 6 nitrogen and oxygen atoms in total. The molecule has 1 saturated carbocycles.